The molecule has 0 unspecified atom stereocenters. The summed E-state index contributed by atoms with van der Waals surface area (Å²) in [7, 11) is 8.79. The Morgan fingerprint density at radius 3 is 0.971 bits per heavy atom. The summed E-state index contributed by atoms with van der Waals surface area (Å²) >= 11 is 6.17. The van der Waals surface area contributed by atoms with Gasteiger partial charge in [-0.15, -0.1) is 12.0 Å². The Hall–Kier alpha value is -8.94. The number of anilines is 5. The third kappa shape index (κ3) is 26.6. The first-order valence-corrected chi connectivity index (χ1v) is 35.1. The van der Waals surface area contributed by atoms with Crippen LogP contribution in [0.5, 0.6) is 5.88 Å². The van der Waals surface area contributed by atoms with E-state index in [0.717, 1.165) is 68.8 Å². The number of methoxy groups -OCH3 is 1. The first-order chi connectivity index (χ1) is 48.2. The molecule has 4 heterocycles. The minimum atomic E-state index is -1.16. The maximum absolute atomic E-state index is 8.25. The molecule has 530 valence electrons. The summed E-state index contributed by atoms with van der Waals surface area (Å²) < 4.78 is 5.32. The molecule has 0 aliphatic rings. The first-order valence-electron chi connectivity index (χ1n) is 32.1. The van der Waals surface area contributed by atoms with Gasteiger partial charge in [0.25, 0.3) is 0 Å². The number of benzene rings is 8. The summed E-state index contributed by atoms with van der Waals surface area (Å²) in [5.41, 5.74) is 41.0. The molecular formula is C84H99ClKN14NaO2Si. The van der Waals surface area contributed by atoms with Gasteiger partial charge in [-0.1, -0.05) is 303 Å². The molecule has 9 N–H and O–H groups in total. The van der Waals surface area contributed by atoms with Crippen LogP contribution in [0.15, 0.2) is 243 Å². The average molecular weight is 1460 g/mol. The molecule has 0 spiro atoms. The van der Waals surface area contributed by atoms with Gasteiger partial charge in [-0.25, -0.2) is 34.9 Å². The van der Waals surface area contributed by atoms with Gasteiger partial charge in [0.2, 0.25) is 5.88 Å². The predicted octanol–water partition coefficient (Wildman–Crippen LogP) is 12.2. The van der Waals surface area contributed by atoms with E-state index in [4.69, 9.17) is 60.8 Å². The molecule has 16 nitrogen and oxygen atoms in total. The molecule has 104 heavy (non-hydrogen) atoms. The van der Waals surface area contributed by atoms with Crippen LogP contribution in [0.3, 0.4) is 0 Å². The Morgan fingerprint density at radius 2 is 0.683 bits per heavy atom. The molecule has 20 heteroatoms. The fourth-order valence-corrected chi connectivity index (χ4v) is 12.2. The number of hydrogen-bond acceptors (Lipinski definition) is 16. The quantitative estimate of drug-likeness (QED) is 0.0531. The van der Waals surface area contributed by atoms with Crippen molar-refractivity contribution < 1.29 is 92.2 Å². The van der Waals surface area contributed by atoms with E-state index in [0.29, 0.717) is 74.2 Å². The predicted molar refractivity (Wildman–Crippen MR) is 436 cm³/mol. The fraction of sp³-hybridized carbons (Fsp3) is 0.190. The van der Waals surface area contributed by atoms with Crippen LogP contribution in [0.25, 0.3) is 90.1 Å². The van der Waals surface area contributed by atoms with Crippen LogP contribution in [-0.4, -0.2) is 90.4 Å². The summed E-state index contributed by atoms with van der Waals surface area (Å²) in [5.74, 6) is 8.58. The summed E-state index contributed by atoms with van der Waals surface area (Å²) in [6.07, 6.45) is 5.45. The maximum atomic E-state index is 8.25. The third-order valence-electron chi connectivity index (χ3n) is 15.2. The number of terminal acetylenes is 1. The van der Waals surface area contributed by atoms with Crippen molar-refractivity contribution in [3.8, 4) is 120 Å². The van der Waals surface area contributed by atoms with Crippen LogP contribution in [-0.2, 0) is 0 Å². The van der Waals surface area contributed by atoms with Crippen molar-refractivity contribution in [2.24, 2.45) is 0 Å². The molecule has 0 radical (unpaired) electrons. The summed E-state index contributed by atoms with van der Waals surface area (Å²) in [5, 5.41) is 11.3. The van der Waals surface area contributed by atoms with Gasteiger partial charge in [-0.3, -0.25) is 0 Å². The Labute approximate surface area is 690 Å². The zero-order chi connectivity index (χ0) is 71.5. The van der Waals surface area contributed by atoms with E-state index in [1.165, 1.54) is 18.1 Å². The molecule has 0 amide bonds. The van der Waals surface area contributed by atoms with Crippen LogP contribution in [0, 0.1) is 23.8 Å². The minimum absolute atomic E-state index is 0. The second-order valence-electron chi connectivity index (χ2n) is 21.9. The molecule has 0 aliphatic heterocycles. The Balaban J connectivity index is 0.00000127. The number of halogens is 1. The number of hydrogen-bond donors (Lipinski definition) is 5. The van der Waals surface area contributed by atoms with Crippen molar-refractivity contribution in [2.45, 2.75) is 68.1 Å². The molecule has 4 aromatic heterocycles. The van der Waals surface area contributed by atoms with E-state index in [9.17, 15) is 0 Å². The Kier molecular flexibility index (Phi) is 44.5. The van der Waals surface area contributed by atoms with Crippen molar-refractivity contribution in [1.29, 1.82) is 0 Å². The van der Waals surface area contributed by atoms with Crippen molar-refractivity contribution in [2.75, 3.05) is 70.2 Å². The van der Waals surface area contributed by atoms with Crippen LogP contribution in [0.4, 0.5) is 29.1 Å². The van der Waals surface area contributed by atoms with Crippen molar-refractivity contribution in [3.63, 3.8) is 0 Å². The van der Waals surface area contributed by atoms with E-state index in [1.807, 2.05) is 276 Å². The van der Waals surface area contributed by atoms with Crippen LogP contribution in [0.1, 0.15) is 57.1 Å². The zero-order valence-electron chi connectivity index (χ0n) is 60.8. The number of nitrogens with one attached hydrogen (secondary N) is 1. The molecule has 8 aromatic carbocycles. The number of nitrogens with two attached hydrogens (primary N) is 4. The molecule has 0 aliphatic carbocycles. The van der Waals surface area contributed by atoms with Gasteiger partial charge in [0, 0.05) is 58.6 Å². The topological polar surface area (TPSA) is 255 Å². The smallest absolute Gasteiger partial charge is 1.00 e. The number of nitrogens with zero attached hydrogens (tertiary/aromatic N) is 9. The summed E-state index contributed by atoms with van der Waals surface area (Å²) in [6, 6.07) is 82.4. The molecular weight excluding hydrogens is 1360 g/mol. The SMILES string of the molecule is C.C.C.C#C[Si](CC)(CC)CC.CC#Cc1nc(N)c(-c2ccccc2)nc1-c1ccccc1.CN(C)c1nc(N)c(-c2ccccc2)nc1-c1ccccc1.CNC.COc1nc(N)c(-c2ccccc2)nc1-c1ccccc1.C[O-].Nc1nc(Cl)c(-c2ccccc2)nc1-c1ccccc1.[H-].[K+].[Na+]. The molecule has 0 bridgehead atoms. The zero-order valence-corrected chi connectivity index (χ0v) is 66.7. The maximum Gasteiger partial charge on any atom is 1.00 e. The fourth-order valence-electron chi connectivity index (χ4n) is 9.85. The standard InChI is InChI=1S/C19H15N3.C18H18N4.C17H15N3O.C16H12ClN3.C8H16Si.C2H7N.CH3O.3CH4.K.Na.H/c1-2-9-16-17(14-10-5-3-6-11-14)22-18(19(20)21-16)15-12-7-4-8-13-15;1-22(2)18-16(14-11-7-4-8-12-14)20-15(17(19)21-18)13-9-5-3-6-10-13;1-21-17-15(13-10-6-3-7-11-13)19-14(16(18)20-17)12-8-4-2-5-9-12;17-15-13(11-7-3-1-4-8-11)19-14(16(18)20-15)12-9-5-2-6-10-12;1-5-9(6-2,7-3)8-4;1-3-2;1-2;;;;;;/h3-8,10-13H,1H3,(H2,20,21);3-12H,1-2H3,(H2,19,21);2-11H,1H3,(H2,18,20);1-10H,(H2,18,20);1H,6-8H2,2-4H3;3H,1-2H3;1H3;3*1H4;;;/q;;;;;;-1;;;;2*+1;-1. The average Bonchev–Trinajstić information content (AvgIpc) is 0.832. The number of rotatable bonds is 13. The van der Waals surface area contributed by atoms with Gasteiger partial charge < -0.3 is 44.4 Å². The largest absolute Gasteiger partial charge is 1.00 e. The van der Waals surface area contributed by atoms with Crippen LogP contribution < -0.4 is 124 Å². The van der Waals surface area contributed by atoms with E-state index < -0.39 is 8.07 Å². The van der Waals surface area contributed by atoms with Gasteiger partial charge in [0.1, 0.15) is 59.3 Å². The molecule has 12 aromatic rings. The van der Waals surface area contributed by atoms with Crippen molar-refractivity contribution >= 4 is 48.8 Å². The number of nitrogen functional groups attached to an aromatic ring is 4. The molecule has 0 atom stereocenters. The van der Waals surface area contributed by atoms with E-state index in [2.05, 4.69) is 73.4 Å². The normalized spacial score (nSPS) is 9.57. The molecule has 0 fully saturated rings. The van der Waals surface area contributed by atoms with Gasteiger partial charge in [-0.05, 0) is 45.1 Å². The third-order valence-corrected chi connectivity index (χ3v) is 20.1. The Bertz CT molecular complexity index is 4450. The minimum Gasteiger partial charge on any atom is -1.00 e. The van der Waals surface area contributed by atoms with Gasteiger partial charge in [0.15, 0.2) is 34.2 Å². The first kappa shape index (κ1) is 93.1. The number of aromatic nitrogens is 8. The van der Waals surface area contributed by atoms with Crippen molar-refractivity contribution in [1.82, 2.24) is 45.2 Å². The van der Waals surface area contributed by atoms with E-state index in [1.54, 1.807) is 14.0 Å². The monoisotopic (exact) mass is 1460 g/mol. The van der Waals surface area contributed by atoms with E-state index in [-0.39, 0.29) is 105 Å². The number of ether oxygens (including phenoxy) is 1. The van der Waals surface area contributed by atoms with Gasteiger partial charge in [-0.2, -0.15) is 12.1 Å². The Morgan fingerprint density at radius 1 is 0.433 bits per heavy atom. The summed E-state index contributed by atoms with van der Waals surface area (Å²) in [6.45, 7) is 8.44. The summed E-state index contributed by atoms with van der Waals surface area (Å²) in [4.78, 5) is 38.3. The second kappa shape index (κ2) is 49.7. The molecule has 0 saturated heterocycles. The molecule has 12 rings (SSSR count). The van der Waals surface area contributed by atoms with Crippen molar-refractivity contribution in [3.05, 3.63) is 254 Å². The van der Waals surface area contributed by atoms with E-state index >= 15 is 0 Å². The molecule has 0 saturated carbocycles. The van der Waals surface area contributed by atoms with Gasteiger partial charge in [0.05, 0.1) is 7.11 Å². The van der Waals surface area contributed by atoms with Crippen LogP contribution >= 0.6 is 11.6 Å². The second-order valence-corrected chi connectivity index (χ2v) is 27.2. The van der Waals surface area contributed by atoms with Gasteiger partial charge >= 0.3 is 80.9 Å². The van der Waals surface area contributed by atoms with Crippen LogP contribution in [0.2, 0.25) is 23.3 Å².